The molecule has 2 aromatic rings. The van der Waals surface area contributed by atoms with Gasteiger partial charge in [-0.1, -0.05) is 42.1 Å². The topological polar surface area (TPSA) is 62.3 Å². The van der Waals surface area contributed by atoms with Crippen LogP contribution in [0.25, 0.3) is 0 Å². The van der Waals surface area contributed by atoms with E-state index >= 15 is 0 Å². The Hall–Kier alpha value is -2.34. The van der Waals surface area contributed by atoms with Crippen LogP contribution in [0, 0.1) is 0 Å². The number of rotatable bonds is 8. The van der Waals surface area contributed by atoms with Crippen LogP contribution in [0.15, 0.2) is 53.7 Å². The maximum Gasteiger partial charge on any atom is 0.255 e. The molecule has 1 fully saturated rings. The molecule has 1 aromatic heterocycles. The minimum Gasteiger partial charge on any atom is -0.355 e. The van der Waals surface area contributed by atoms with Crippen LogP contribution in [0.3, 0.4) is 0 Å². The van der Waals surface area contributed by atoms with Crippen LogP contribution in [0.5, 0.6) is 0 Å². The molecular weight excluding hydrogens is 358 g/mol. The van der Waals surface area contributed by atoms with Crippen molar-refractivity contribution in [3.05, 3.63) is 59.8 Å². The van der Waals surface area contributed by atoms with E-state index in [0.717, 1.165) is 43.8 Å². The van der Waals surface area contributed by atoms with Crippen LogP contribution in [-0.2, 0) is 11.2 Å². The molecule has 2 amide bonds. The van der Waals surface area contributed by atoms with E-state index in [1.165, 1.54) is 17.3 Å². The summed E-state index contributed by atoms with van der Waals surface area (Å²) in [6.45, 7) is 2.34. The monoisotopic (exact) mass is 383 g/mol. The molecule has 1 saturated heterocycles. The van der Waals surface area contributed by atoms with Crippen molar-refractivity contribution in [2.75, 3.05) is 25.4 Å². The van der Waals surface area contributed by atoms with E-state index in [4.69, 9.17) is 0 Å². The molecule has 1 aliphatic rings. The van der Waals surface area contributed by atoms with Crippen LogP contribution < -0.4 is 5.32 Å². The van der Waals surface area contributed by atoms with Gasteiger partial charge in [-0.15, -0.1) is 0 Å². The highest BCUT2D eigenvalue weighted by Gasteiger charge is 2.19. The Morgan fingerprint density at radius 2 is 1.85 bits per heavy atom. The lowest BCUT2D eigenvalue weighted by Crippen LogP contribution is -2.27. The molecule has 0 radical (unpaired) electrons. The van der Waals surface area contributed by atoms with Gasteiger partial charge in [0.25, 0.3) is 5.91 Å². The highest BCUT2D eigenvalue weighted by Crippen LogP contribution is 2.17. The second-order valence-electron chi connectivity index (χ2n) is 6.61. The third-order valence-corrected chi connectivity index (χ3v) is 5.48. The summed E-state index contributed by atoms with van der Waals surface area (Å²) in [6.07, 6.45) is 5.65. The summed E-state index contributed by atoms with van der Waals surface area (Å²) < 4.78 is 0. The van der Waals surface area contributed by atoms with Crippen molar-refractivity contribution < 1.29 is 9.59 Å². The number of carbonyl (C=O) groups is 2. The third-order valence-electron chi connectivity index (χ3n) is 4.53. The summed E-state index contributed by atoms with van der Waals surface area (Å²) >= 11 is 1.39. The predicted molar refractivity (Wildman–Crippen MR) is 108 cm³/mol. The van der Waals surface area contributed by atoms with Gasteiger partial charge in [0, 0.05) is 25.8 Å². The highest BCUT2D eigenvalue weighted by atomic mass is 32.2. The van der Waals surface area contributed by atoms with Crippen molar-refractivity contribution in [3.63, 3.8) is 0 Å². The van der Waals surface area contributed by atoms with Crippen LogP contribution in [-0.4, -0.2) is 47.1 Å². The number of carbonyl (C=O) groups excluding carboxylic acids is 2. The number of aromatic nitrogens is 1. The molecule has 0 saturated carbocycles. The maximum absolute atomic E-state index is 12.3. The van der Waals surface area contributed by atoms with Gasteiger partial charge in [0.05, 0.1) is 16.3 Å². The van der Waals surface area contributed by atoms with Crippen molar-refractivity contribution in [1.82, 2.24) is 15.2 Å². The Morgan fingerprint density at radius 1 is 1.07 bits per heavy atom. The molecular formula is C21H25N3O2S. The van der Waals surface area contributed by atoms with E-state index in [-0.39, 0.29) is 11.8 Å². The molecule has 27 heavy (non-hydrogen) atoms. The average Bonchev–Trinajstić information content (AvgIpc) is 3.25. The van der Waals surface area contributed by atoms with Gasteiger partial charge in [-0.25, -0.2) is 4.98 Å². The number of nitrogens with one attached hydrogen (secondary N) is 1. The number of amides is 2. The van der Waals surface area contributed by atoms with Gasteiger partial charge in [0.1, 0.15) is 0 Å². The van der Waals surface area contributed by atoms with Crippen LogP contribution in [0.1, 0.15) is 35.2 Å². The molecule has 0 atom stereocenters. The fourth-order valence-corrected chi connectivity index (χ4v) is 3.72. The summed E-state index contributed by atoms with van der Waals surface area (Å²) in [5, 5.41) is 3.70. The minimum atomic E-state index is 0.00656. The van der Waals surface area contributed by atoms with Gasteiger partial charge in [0.2, 0.25) is 5.91 Å². The van der Waals surface area contributed by atoms with Crippen LogP contribution in [0.4, 0.5) is 0 Å². The van der Waals surface area contributed by atoms with Gasteiger partial charge in [-0.05, 0) is 43.4 Å². The van der Waals surface area contributed by atoms with E-state index in [9.17, 15) is 9.59 Å². The molecule has 6 heteroatoms. The number of nitrogens with zero attached hydrogens (tertiary/aromatic N) is 2. The molecule has 1 aliphatic heterocycles. The number of likely N-dealkylation sites (tertiary alicyclic amines) is 1. The quantitative estimate of drug-likeness (QED) is 0.562. The highest BCUT2D eigenvalue weighted by molar-refractivity contribution is 7.99. The van der Waals surface area contributed by atoms with E-state index in [1.54, 1.807) is 12.3 Å². The van der Waals surface area contributed by atoms with E-state index in [0.29, 0.717) is 17.9 Å². The summed E-state index contributed by atoms with van der Waals surface area (Å²) in [7, 11) is 0. The largest absolute Gasteiger partial charge is 0.355 e. The van der Waals surface area contributed by atoms with Crippen molar-refractivity contribution >= 4 is 23.6 Å². The second kappa shape index (κ2) is 10.1. The first-order valence-electron chi connectivity index (χ1n) is 9.41. The predicted octanol–water partition coefficient (Wildman–Crippen LogP) is 3.16. The van der Waals surface area contributed by atoms with Gasteiger partial charge >= 0.3 is 0 Å². The van der Waals surface area contributed by atoms with Crippen molar-refractivity contribution in [2.24, 2.45) is 0 Å². The lowest BCUT2D eigenvalue weighted by Gasteiger charge is -2.14. The van der Waals surface area contributed by atoms with Gasteiger partial charge in [-0.2, -0.15) is 0 Å². The first-order valence-corrected chi connectivity index (χ1v) is 10.4. The van der Waals surface area contributed by atoms with Gasteiger partial charge in [-0.3, -0.25) is 9.59 Å². The summed E-state index contributed by atoms with van der Waals surface area (Å²) in [4.78, 5) is 30.4. The molecule has 1 N–H and O–H groups in total. The molecule has 2 heterocycles. The van der Waals surface area contributed by atoms with E-state index in [2.05, 4.69) is 22.4 Å². The van der Waals surface area contributed by atoms with E-state index in [1.807, 2.05) is 29.2 Å². The first-order chi connectivity index (χ1) is 13.2. The van der Waals surface area contributed by atoms with Crippen LogP contribution in [0.2, 0.25) is 0 Å². The smallest absolute Gasteiger partial charge is 0.255 e. The summed E-state index contributed by atoms with van der Waals surface area (Å²) in [5.74, 6) is 0.386. The van der Waals surface area contributed by atoms with Crippen molar-refractivity contribution in [1.29, 1.82) is 0 Å². The molecule has 3 rings (SSSR count). The zero-order chi connectivity index (χ0) is 18.9. The number of aryl methyl sites for hydroxylation is 1. The first kappa shape index (κ1) is 19.4. The normalized spacial score (nSPS) is 13.6. The van der Waals surface area contributed by atoms with Gasteiger partial charge in [0.15, 0.2) is 0 Å². The second-order valence-corrected chi connectivity index (χ2v) is 7.61. The molecule has 0 unspecified atom stereocenters. The van der Waals surface area contributed by atoms with Crippen LogP contribution >= 0.6 is 11.8 Å². The van der Waals surface area contributed by atoms with Crippen molar-refractivity contribution in [3.8, 4) is 0 Å². The zero-order valence-corrected chi connectivity index (χ0v) is 16.2. The summed E-state index contributed by atoms with van der Waals surface area (Å²) in [5.41, 5.74) is 1.90. The summed E-state index contributed by atoms with van der Waals surface area (Å²) in [6, 6.07) is 13.9. The van der Waals surface area contributed by atoms with Gasteiger partial charge < -0.3 is 10.2 Å². The Morgan fingerprint density at radius 3 is 2.56 bits per heavy atom. The number of hydrogen-bond acceptors (Lipinski definition) is 4. The van der Waals surface area contributed by atoms with Crippen molar-refractivity contribution in [2.45, 2.75) is 30.7 Å². The lowest BCUT2D eigenvalue weighted by atomic mass is 10.1. The number of hydrogen-bond donors (Lipinski definition) is 1. The number of benzene rings is 1. The standard InChI is InChI=1S/C21H25N3O2S/c25-19(22-12-6-9-17-7-2-1-3-8-17)16-27-20-11-10-18(15-23-20)21(26)24-13-4-5-14-24/h1-3,7-8,10-11,15H,4-6,9,12-14,16H2,(H,22,25). The number of thioether (sulfide) groups is 1. The molecule has 142 valence electrons. The zero-order valence-electron chi connectivity index (χ0n) is 15.4. The Kier molecular flexibility index (Phi) is 7.27. The molecule has 0 aliphatic carbocycles. The molecule has 1 aromatic carbocycles. The average molecular weight is 384 g/mol. The Labute approximate surface area is 164 Å². The molecule has 0 bridgehead atoms. The van der Waals surface area contributed by atoms with E-state index < -0.39 is 0 Å². The maximum atomic E-state index is 12.3. The Bertz CT molecular complexity index is 744. The molecule has 5 nitrogen and oxygen atoms in total. The SMILES string of the molecule is O=C(CSc1ccc(C(=O)N2CCCC2)cn1)NCCCc1ccccc1. The fraction of sp³-hybridized carbons (Fsp3) is 0.381. The molecule has 0 spiro atoms. The Balaban J connectivity index is 1.35. The fourth-order valence-electron chi connectivity index (χ4n) is 3.05. The minimum absolute atomic E-state index is 0.00656. The lowest BCUT2D eigenvalue weighted by molar-refractivity contribution is -0.118. The third kappa shape index (κ3) is 6.10. The number of pyridine rings is 1.